The third kappa shape index (κ3) is 5.37. The summed E-state index contributed by atoms with van der Waals surface area (Å²) in [6.45, 7) is 2.60. The molecule has 2 aromatic rings. The van der Waals surface area contributed by atoms with E-state index in [2.05, 4.69) is 30.7 Å². The van der Waals surface area contributed by atoms with Crippen LogP contribution in [0.2, 0.25) is 5.02 Å². The number of aromatic nitrogens is 1. The Morgan fingerprint density at radius 3 is 2.65 bits per heavy atom. The molecule has 0 bridgehead atoms. The van der Waals surface area contributed by atoms with E-state index in [9.17, 15) is 8.78 Å². The van der Waals surface area contributed by atoms with Gasteiger partial charge in [-0.2, -0.15) is 10.2 Å². The van der Waals surface area contributed by atoms with Gasteiger partial charge in [0.05, 0.1) is 18.0 Å². The second-order valence-corrected chi connectivity index (χ2v) is 9.87. The van der Waals surface area contributed by atoms with Crippen LogP contribution >= 0.6 is 22.3 Å². The smallest absolute Gasteiger partial charge is 0.278 e. The maximum absolute atomic E-state index is 12.8. The molecule has 2 aliphatic rings. The zero-order valence-corrected chi connectivity index (χ0v) is 18.5. The number of hydrogen-bond acceptors (Lipinski definition) is 5. The standard InChI is InChI=1S/C22H24ClF2N5S/c1-31(19-7-9-26-10-8-19)30(18-4-2-3-16(23)11-18)14-17-6-5-15(13-27-17)20-12-21(22(24)25)29-28-20/h2-6,11,13,19,22,26H,1,7-10,12,14H2. The van der Waals surface area contributed by atoms with Crippen molar-refractivity contribution in [1.29, 1.82) is 0 Å². The van der Waals surface area contributed by atoms with Crippen molar-refractivity contribution >= 4 is 45.3 Å². The predicted molar refractivity (Wildman–Crippen MR) is 127 cm³/mol. The molecule has 164 valence electrons. The van der Waals surface area contributed by atoms with E-state index in [0.29, 0.717) is 28.1 Å². The van der Waals surface area contributed by atoms with Crippen LogP contribution < -0.4 is 9.62 Å². The van der Waals surface area contributed by atoms with Gasteiger partial charge in [0.25, 0.3) is 6.43 Å². The van der Waals surface area contributed by atoms with E-state index in [1.165, 1.54) is 0 Å². The largest absolute Gasteiger partial charge is 0.317 e. The van der Waals surface area contributed by atoms with Crippen molar-refractivity contribution in [2.24, 2.45) is 10.2 Å². The Bertz CT molecular complexity index is 1000. The Labute approximate surface area is 188 Å². The molecule has 5 nitrogen and oxygen atoms in total. The molecule has 0 radical (unpaired) electrons. The average molecular weight is 464 g/mol. The van der Waals surface area contributed by atoms with Crippen LogP contribution in [0.25, 0.3) is 0 Å². The molecule has 1 unspecified atom stereocenters. The fraction of sp³-hybridized carbons (Fsp3) is 0.364. The van der Waals surface area contributed by atoms with Crippen LogP contribution in [0.1, 0.15) is 30.5 Å². The van der Waals surface area contributed by atoms with Crippen LogP contribution in [-0.2, 0) is 6.54 Å². The molecule has 0 spiro atoms. The van der Waals surface area contributed by atoms with Gasteiger partial charge < -0.3 is 9.62 Å². The number of piperidine rings is 1. The Kier molecular flexibility index (Phi) is 7.09. The number of pyridine rings is 1. The van der Waals surface area contributed by atoms with Gasteiger partial charge in [-0.15, -0.1) is 0 Å². The maximum Gasteiger partial charge on any atom is 0.278 e. The Balaban J connectivity index is 1.52. The molecule has 1 saturated heterocycles. The van der Waals surface area contributed by atoms with Crippen molar-refractivity contribution in [3.05, 3.63) is 58.9 Å². The Hall–Kier alpha value is -2.16. The summed E-state index contributed by atoms with van der Waals surface area (Å²) < 4.78 is 27.9. The summed E-state index contributed by atoms with van der Waals surface area (Å²) >= 11 is 6.26. The van der Waals surface area contributed by atoms with Crippen molar-refractivity contribution < 1.29 is 8.78 Å². The maximum atomic E-state index is 12.8. The lowest BCUT2D eigenvalue weighted by molar-refractivity contribution is 0.224. The van der Waals surface area contributed by atoms with Crippen LogP contribution in [0.3, 0.4) is 0 Å². The first-order chi connectivity index (χ1) is 15.0. The number of nitrogens with one attached hydrogen (secondary N) is 1. The second kappa shape index (κ2) is 9.97. The molecule has 0 aliphatic carbocycles. The molecule has 31 heavy (non-hydrogen) atoms. The van der Waals surface area contributed by atoms with Crippen molar-refractivity contribution in [2.45, 2.75) is 37.5 Å². The van der Waals surface area contributed by atoms with E-state index in [-0.39, 0.29) is 22.8 Å². The van der Waals surface area contributed by atoms with Crippen LogP contribution in [0, 0.1) is 0 Å². The lowest BCUT2D eigenvalue weighted by atomic mass is 10.1. The highest BCUT2D eigenvalue weighted by Gasteiger charge is 2.23. The average Bonchev–Trinajstić information content (AvgIpc) is 3.29. The van der Waals surface area contributed by atoms with Gasteiger partial charge in [-0.3, -0.25) is 4.98 Å². The molecule has 4 rings (SSSR count). The highest BCUT2D eigenvalue weighted by Crippen LogP contribution is 2.36. The first-order valence-corrected chi connectivity index (χ1v) is 11.9. The highest BCUT2D eigenvalue weighted by molar-refractivity contribution is 8.15. The normalized spacial score (nSPS) is 18.1. The lowest BCUT2D eigenvalue weighted by Gasteiger charge is -2.35. The fourth-order valence-electron chi connectivity index (χ4n) is 3.67. The molecular formula is C22H24ClF2N5S. The summed E-state index contributed by atoms with van der Waals surface area (Å²) in [5.41, 5.74) is 2.92. The molecule has 0 saturated carbocycles. The molecular weight excluding hydrogens is 440 g/mol. The topological polar surface area (TPSA) is 52.9 Å². The first kappa shape index (κ1) is 22.0. The summed E-state index contributed by atoms with van der Waals surface area (Å²) in [7, 11) is -0.252. The highest BCUT2D eigenvalue weighted by atomic mass is 35.5. The summed E-state index contributed by atoms with van der Waals surface area (Å²) in [5.74, 6) is 4.52. The number of hydrogen-bond donors (Lipinski definition) is 1. The number of benzene rings is 1. The number of alkyl halides is 2. The molecule has 3 heterocycles. The van der Waals surface area contributed by atoms with Crippen molar-refractivity contribution in [1.82, 2.24) is 10.3 Å². The monoisotopic (exact) mass is 463 g/mol. The van der Waals surface area contributed by atoms with Crippen LogP contribution in [0.5, 0.6) is 0 Å². The minimum absolute atomic E-state index is 0.0609. The molecule has 1 aromatic carbocycles. The van der Waals surface area contributed by atoms with Gasteiger partial charge in [-0.1, -0.05) is 34.2 Å². The summed E-state index contributed by atoms with van der Waals surface area (Å²) in [5, 5.41) is 12.1. The van der Waals surface area contributed by atoms with Gasteiger partial charge in [0.1, 0.15) is 5.71 Å². The molecule has 1 fully saturated rings. The number of anilines is 1. The summed E-state index contributed by atoms with van der Waals surface area (Å²) in [6, 6.07) is 11.6. The van der Waals surface area contributed by atoms with Gasteiger partial charge in [0.15, 0.2) is 0 Å². The van der Waals surface area contributed by atoms with E-state index in [1.54, 1.807) is 6.20 Å². The van der Waals surface area contributed by atoms with Gasteiger partial charge in [-0.05, 0) is 56.3 Å². The minimum Gasteiger partial charge on any atom is -0.317 e. The molecule has 1 N–H and O–H groups in total. The third-order valence-electron chi connectivity index (χ3n) is 5.41. The second-order valence-electron chi connectivity index (χ2n) is 7.52. The molecule has 1 aromatic heterocycles. The van der Waals surface area contributed by atoms with E-state index >= 15 is 0 Å². The van der Waals surface area contributed by atoms with Crippen LogP contribution in [0.4, 0.5) is 14.5 Å². The Morgan fingerprint density at radius 2 is 2.00 bits per heavy atom. The van der Waals surface area contributed by atoms with Crippen molar-refractivity contribution in [3.63, 3.8) is 0 Å². The number of halogens is 3. The first-order valence-electron chi connectivity index (χ1n) is 10.1. The molecule has 1 atom stereocenters. The van der Waals surface area contributed by atoms with Crippen LogP contribution in [-0.4, -0.2) is 47.0 Å². The Morgan fingerprint density at radius 1 is 1.19 bits per heavy atom. The van der Waals surface area contributed by atoms with Gasteiger partial charge in [0.2, 0.25) is 0 Å². The van der Waals surface area contributed by atoms with E-state index in [4.69, 9.17) is 11.6 Å². The number of rotatable bonds is 7. The van der Waals surface area contributed by atoms with Crippen LogP contribution in [0.15, 0.2) is 52.8 Å². The van der Waals surface area contributed by atoms with E-state index in [0.717, 1.165) is 37.3 Å². The summed E-state index contributed by atoms with van der Waals surface area (Å²) in [4.78, 5) is 4.58. The van der Waals surface area contributed by atoms with Gasteiger partial charge in [0, 0.05) is 34.1 Å². The quantitative estimate of drug-likeness (QED) is 0.593. The van der Waals surface area contributed by atoms with Gasteiger partial charge in [-0.25, -0.2) is 8.78 Å². The SMILES string of the molecule is C=S(C1CCNCC1)N(Cc1ccc(C2=NN=C(C(F)F)C2)cn1)c1cccc(Cl)c1. The predicted octanol–water partition coefficient (Wildman–Crippen LogP) is 4.92. The lowest BCUT2D eigenvalue weighted by Crippen LogP contribution is -2.33. The van der Waals surface area contributed by atoms with Gasteiger partial charge >= 0.3 is 0 Å². The third-order valence-corrected chi connectivity index (χ3v) is 7.80. The van der Waals surface area contributed by atoms with E-state index in [1.807, 2.05) is 36.4 Å². The van der Waals surface area contributed by atoms with E-state index < -0.39 is 6.43 Å². The minimum atomic E-state index is -2.58. The molecule has 2 aliphatic heterocycles. The zero-order chi connectivity index (χ0) is 21.8. The molecule has 9 heteroatoms. The van der Waals surface area contributed by atoms with Crippen molar-refractivity contribution in [2.75, 3.05) is 17.4 Å². The molecule has 0 amide bonds. The zero-order valence-electron chi connectivity index (χ0n) is 17.0. The number of nitrogens with zero attached hydrogens (tertiary/aromatic N) is 4. The van der Waals surface area contributed by atoms with Crippen molar-refractivity contribution in [3.8, 4) is 0 Å². The summed E-state index contributed by atoms with van der Waals surface area (Å²) in [6.07, 6.45) is 1.33. The fourth-order valence-corrected chi connectivity index (χ4v) is 5.68.